The number of benzene rings is 2. The molecule has 21 heavy (non-hydrogen) atoms. The number of nitrogens with two attached hydrogens (primary N) is 1. The lowest BCUT2D eigenvalue weighted by Gasteiger charge is -2.37. The fraction of sp³-hybridized carbons (Fsp3) is 0.250. The molecular weight excluding hydrogens is 272 g/mol. The van der Waals surface area contributed by atoms with E-state index < -0.39 is 0 Å². The molecule has 0 aromatic heterocycles. The Morgan fingerprint density at radius 1 is 0.810 bits per heavy atom. The van der Waals surface area contributed by atoms with Crippen molar-refractivity contribution in [2.45, 2.75) is 0 Å². The number of piperazine rings is 1. The number of anilines is 3. The largest absolute Gasteiger partial charge is 0.395 e. The van der Waals surface area contributed by atoms with Gasteiger partial charge in [0.25, 0.3) is 0 Å². The van der Waals surface area contributed by atoms with E-state index in [0.717, 1.165) is 37.6 Å². The lowest BCUT2D eigenvalue weighted by molar-refractivity contribution is 0.622. The minimum atomic E-state index is -0.381. The first-order chi connectivity index (χ1) is 10.1. The van der Waals surface area contributed by atoms with Crippen molar-refractivity contribution < 1.29 is 8.78 Å². The van der Waals surface area contributed by atoms with E-state index in [1.165, 1.54) is 18.2 Å². The van der Waals surface area contributed by atoms with Crippen LogP contribution in [-0.4, -0.2) is 26.2 Å². The van der Waals surface area contributed by atoms with Crippen LogP contribution in [0.3, 0.4) is 0 Å². The molecule has 1 fully saturated rings. The predicted molar refractivity (Wildman–Crippen MR) is 81.6 cm³/mol. The van der Waals surface area contributed by atoms with Crippen molar-refractivity contribution in [2.24, 2.45) is 0 Å². The Bertz CT molecular complexity index is 620. The van der Waals surface area contributed by atoms with Crippen LogP contribution in [0, 0.1) is 11.6 Å². The molecular formula is C16H17F2N3. The van der Waals surface area contributed by atoms with Gasteiger partial charge in [-0.2, -0.15) is 0 Å². The third-order valence-electron chi connectivity index (χ3n) is 3.84. The first-order valence-electron chi connectivity index (χ1n) is 6.94. The highest BCUT2D eigenvalue weighted by Crippen LogP contribution is 2.27. The van der Waals surface area contributed by atoms with Crippen molar-refractivity contribution in [3.63, 3.8) is 0 Å². The molecule has 2 aromatic rings. The second kappa shape index (κ2) is 5.60. The Balaban J connectivity index is 1.70. The van der Waals surface area contributed by atoms with E-state index >= 15 is 0 Å². The molecule has 0 amide bonds. The van der Waals surface area contributed by atoms with Crippen LogP contribution in [-0.2, 0) is 0 Å². The van der Waals surface area contributed by atoms with Gasteiger partial charge in [-0.3, -0.25) is 0 Å². The van der Waals surface area contributed by atoms with Gasteiger partial charge in [-0.1, -0.05) is 6.07 Å². The number of hydrogen-bond acceptors (Lipinski definition) is 3. The standard InChI is InChI=1S/C16H17F2N3/c17-12-4-6-13(7-5-12)20-8-10-21(11-9-20)15-3-1-2-14(18)16(15)19/h1-7H,8-11,19H2. The Morgan fingerprint density at radius 3 is 2.10 bits per heavy atom. The summed E-state index contributed by atoms with van der Waals surface area (Å²) in [5.41, 5.74) is 7.75. The zero-order valence-corrected chi connectivity index (χ0v) is 11.6. The topological polar surface area (TPSA) is 32.5 Å². The molecule has 0 unspecified atom stereocenters. The average molecular weight is 289 g/mol. The molecule has 2 N–H and O–H groups in total. The number of rotatable bonds is 2. The summed E-state index contributed by atoms with van der Waals surface area (Å²) in [4.78, 5) is 4.27. The minimum absolute atomic E-state index is 0.202. The minimum Gasteiger partial charge on any atom is -0.395 e. The summed E-state index contributed by atoms with van der Waals surface area (Å²) in [6.45, 7) is 3.10. The van der Waals surface area contributed by atoms with Gasteiger partial charge in [-0.05, 0) is 36.4 Å². The molecule has 0 bridgehead atoms. The second-order valence-electron chi connectivity index (χ2n) is 5.12. The third-order valence-corrected chi connectivity index (χ3v) is 3.84. The predicted octanol–water partition coefficient (Wildman–Crippen LogP) is 2.87. The molecule has 0 spiro atoms. The maximum atomic E-state index is 13.5. The van der Waals surface area contributed by atoms with Crippen LogP contribution in [0.25, 0.3) is 0 Å². The molecule has 2 aromatic carbocycles. The van der Waals surface area contributed by atoms with Gasteiger partial charge in [0, 0.05) is 31.9 Å². The molecule has 5 heteroatoms. The van der Waals surface area contributed by atoms with Crippen LogP contribution in [0.2, 0.25) is 0 Å². The molecule has 1 aliphatic rings. The van der Waals surface area contributed by atoms with E-state index in [1.807, 2.05) is 6.07 Å². The van der Waals surface area contributed by atoms with E-state index in [0.29, 0.717) is 0 Å². The van der Waals surface area contributed by atoms with Crippen molar-refractivity contribution in [2.75, 3.05) is 41.7 Å². The monoisotopic (exact) mass is 289 g/mol. The summed E-state index contributed by atoms with van der Waals surface area (Å²) in [7, 11) is 0. The second-order valence-corrected chi connectivity index (χ2v) is 5.12. The lowest BCUT2D eigenvalue weighted by atomic mass is 10.2. The Kier molecular flexibility index (Phi) is 3.64. The van der Waals surface area contributed by atoms with E-state index in [9.17, 15) is 8.78 Å². The third kappa shape index (κ3) is 2.77. The quantitative estimate of drug-likeness (QED) is 0.863. The Hall–Kier alpha value is -2.30. The molecule has 110 valence electrons. The van der Waals surface area contributed by atoms with Crippen LogP contribution in [0.1, 0.15) is 0 Å². The van der Waals surface area contributed by atoms with Gasteiger partial charge in [0.2, 0.25) is 0 Å². The smallest absolute Gasteiger partial charge is 0.148 e. The number of para-hydroxylation sites is 1. The van der Waals surface area contributed by atoms with E-state index in [2.05, 4.69) is 9.80 Å². The summed E-state index contributed by atoms with van der Waals surface area (Å²) >= 11 is 0. The highest BCUT2D eigenvalue weighted by molar-refractivity contribution is 5.68. The average Bonchev–Trinajstić information content (AvgIpc) is 2.51. The molecule has 3 nitrogen and oxygen atoms in total. The number of nitrogens with zero attached hydrogens (tertiary/aromatic N) is 2. The molecule has 1 aliphatic heterocycles. The number of nitrogen functional groups attached to an aromatic ring is 1. The molecule has 1 heterocycles. The fourth-order valence-corrected chi connectivity index (χ4v) is 2.66. The van der Waals surface area contributed by atoms with E-state index in [4.69, 9.17) is 5.73 Å². The first-order valence-corrected chi connectivity index (χ1v) is 6.94. The zero-order chi connectivity index (χ0) is 14.8. The Morgan fingerprint density at radius 2 is 1.43 bits per heavy atom. The number of halogens is 2. The summed E-state index contributed by atoms with van der Waals surface area (Å²) in [5.74, 6) is -0.613. The molecule has 0 aliphatic carbocycles. The molecule has 0 radical (unpaired) electrons. The molecule has 1 saturated heterocycles. The normalized spacial score (nSPS) is 15.3. The van der Waals surface area contributed by atoms with Crippen molar-refractivity contribution in [3.05, 3.63) is 54.1 Å². The lowest BCUT2D eigenvalue weighted by Crippen LogP contribution is -2.46. The fourth-order valence-electron chi connectivity index (χ4n) is 2.66. The zero-order valence-electron chi connectivity index (χ0n) is 11.6. The van der Waals surface area contributed by atoms with Crippen LogP contribution < -0.4 is 15.5 Å². The van der Waals surface area contributed by atoms with E-state index in [-0.39, 0.29) is 17.3 Å². The summed E-state index contributed by atoms with van der Waals surface area (Å²) in [6.07, 6.45) is 0. The van der Waals surface area contributed by atoms with Crippen LogP contribution >= 0.6 is 0 Å². The van der Waals surface area contributed by atoms with Crippen LogP contribution in [0.15, 0.2) is 42.5 Å². The van der Waals surface area contributed by atoms with Gasteiger partial charge in [-0.15, -0.1) is 0 Å². The highest BCUT2D eigenvalue weighted by Gasteiger charge is 2.19. The molecule has 3 rings (SSSR count). The van der Waals surface area contributed by atoms with Gasteiger partial charge in [-0.25, -0.2) is 8.78 Å². The van der Waals surface area contributed by atoms with Gasteiger partial charge in [0.15, 0.2) is 0 Å². The van der Waals surface area contributed by atoms with Gasteiger partial charge >= 0.3 is 0 Å². The Labute approximate surface area is 122 Å². The van der Waals surface area contributed by atoms with E-state index in [1.54, 1.807) is 18.2 Å². The van der Waals surface area contributed by atoms with Crippen molar-refractivity contribution in [3.8, 4) is 0 Å². The van der Waals surface area contributed by atoms with Gasteiger partial charge in [0.1, 0.15) is 11.6 Å². The van der Waals surface area contributed by atoms with Crippen LogP contribution in [0.4, 0.5) is 25.8 Å². The SMILES string of the molecule is Nc1c(F)cccc1N1CCN(c2ccc(F)cc2)CC1. The summed E-state index contributed by atoms with van der Waals surface area (Å²) in [5, 5.41) is 0. The maximum absolute atomic E-state index is 13.5. The number of hydrogen-bond donors (Lipinski definition) is 1. The van der Waals surface area contributed by atoms with Crippen LogP contribution in [0.5, 0.6) is 0 Å². The maximum Gasteiger partial charge on any atom is 0.148 e. The summed E-state index contributed by atoms with van der Waals surface area (Å²) < 4.78 is 26.5. The van der Waals surface area contributed by atoms with Crippen molar-refractivity contribution in [1.29, 1.82) is 0 Å². The summed E-state index contributed by atoms with van der Waals surface area (Å²) in [6, 6.07) is 11.4. The van der Waals surface area contributed by atoms with Crippen molar-refractivity contribution in [1.82, 2.24) is 0 Å². The van der Waals surface area contributed by atoms with Crippen molar-refractivity contribution >= 4 is 17.1 Å². The molecule has 0 atom stereocenters. The van der Waals surface area contributed by atoms with Gasteiger partial charge in [0.05, 0.1) is 11.4 Å². The highest BCUT2D eigenvalue weighted by atomic mass is 19.1. The first kappa shape index (κ1) is 13.7. The van der Waals surface area contributed by atoms with Gasteiger partial charge < -0.3 is 15.5 Å². The molecule has 0 saturated carbocycles.